The fraction of sp³-hybridized carbons (Fsp3) is 0.500. The average molecular weight is 287 g/mol. The van der Waals surface area contributed by atoms with Crippen molar-refractivity contribution in [2.75, 3.05) is 14.2 Å². The number of hydrogen-bond acceptors (Lipinski definition) is 3. The van der Waals surface area contributed by atoms with Gasteiger partial charge in [-0.15, -0.1) is 0 Å². The van der Waals surface area contributed by atoms with Crippen LogP contribution in [0.1, 0.15) is 25.0 Å². The lowest BCUT2D eigenvalue weighted by atomic mass is 9.97. The Morgan fingerprint density at radius 1 is 1.42 bits per heavy atom. The Morgan fingerprint density at radius 3 is 2.47 bits per heavy atom. The SMILES string of the molecule is CCc1cc(OC)c(OC)c(CC(C)C(=O)O)c1Cl. The molecule has 1 aromatic rings. The predicted molar refractivity (Wildman–Crippen MR) is 74.4 cm³/mol. The van der Waals surface area contributed by atoms with Crippen molar-refractivity contribution in [3.8, 4) is 11.5 Å². The molecule has 0 saturated carbocycles. The smallest absolute Gasteiger partial charge is 0.306 e. The predicted octanol–water partition coefficient (Wildman–Crippen LogP) is 3.18. The summed E-state index contributed by atoms with van der Waals surface area (Å²) in [7, 11) is 3.07. The van der Waals surface area contributed by atoms with Crippen molar-refractivity contribution in [2.24, 2.45) is 5.92 Å². The molecule has 0 radical (unpaired) electrons. The van der Waals surface area contributed by atoms with E-state index in [9.17, 15) is 4.79 Å². The summed E-state index contributed by atoms with van der Waals surface area (Å²) >= 11 is 6.34. The molecule has 106 valence electrons. The molecule has 0 bridgehead atoms. The van der Waals surface area contributed by atoms with Gasteiger partial charge in [-0.25, -0.2) is 0 Å². The first-order chi connectivity index (χ1) is 8.96. The summed E-state index contributed by atoms with van der Waals surface area (Å²) in [4.78, 5) is 11.0. The first-order valence-corrected chi connectivity index (χ1v) is 6.49. The summed E-state index contributed by atoms with van der Waals surface area (Å²) in [6.45, 7) is 3.63. The largest absolute Gasteiger partial charge is 0.493 e. The van der Waals surface area contributed by atoms with Crippen LogP contribution in [-0.4, -0.2) is 25.3 Å². The average Bonchev–Trinajstić information content (AvgIpc) is 2.40. The molecule has 0 spiro atoms. The molecular weight excluding hydrogens is 268 g/mol. The maximum absolute atomic E-state index is 11.0. The van der Waals surface area contributed by atoms with Crippen LogP contribution < -0.4 is 9.47 Å². The Labute approximate surface area is 118 Å². The molecule has 1 unspecified atom stereocenters. The van der Waals surface area contributed by atoms with Gasteiger partial charge in [0.05, 0.1) is 25.2 Å². The van der Waals surface area contributed by atoms with Gasteiger partial charge in [-0.1, -0.05) is 25.4 Å². The van der Waals surface area contributed by atoms with E-state index in [0.29, 0.717) is 28.5 Å². The van der Waals surface area contributed by atoms with Crippen molar-refractivity contribution in [1.29, 1.82) is 0 Å². The molecule has 0 amide bonds. The van der Waals surface area contributed by atoms with Gasteiger partial charge in [0.1, 0.15) is 0 Å². The molecule has 0 aliphatic heterocycles. The quantitative estimate of drug-likeness (QED) is 0.872. The molecule has 0 saturated heterocycles. The molecule has 0 aliphatic rings. The summed E-state index contributed by atoms with van der Waals surface area (Å²) in [5, 5.41) is 9.60. The Hall–Kier alpha value is -1.42. The lowest BCUT2D eigenvalue weighted by Gasteiger charge is -2.18. The Balaban J connectivity index is 3.36. The molecule has 0 heterocycles. The zero-order valence-corrected chi connectivity index (χ0v) is 12.4. The lowest BCUT2D eigenvalue weighted by molar-refractivity contribution is -0.141. The Bertz CT molecular complexity index is 471. The molecule has 5 heteroatoms. The molecule has 1 atom stereocenters. The van der Waals surface area contributed by atoms with E-state index in [0.717, 1.165) is 12.0 Å². The summed E-state index contributed by atoms with van der Waals surface area (Å²) in [5.41, 5.74) is 1.61. The van der Waals surface area contributed by atoms with Crippen LogP contribution >= 0.6 is 11.6 Å². The number of carboxylic acid groups (broad SMARTS) is 1. The van der Waals surface area contributed by atoms with Gasteiger partial charge >= 0.3 is 5.97 Å². The third-order valence-electron chi connectivity index (χ3n) is 3.09. The summed E-state index contributed by atoms with van der Waals surface area (Å²) in [5.74, 6) is -0.309. The van der Waals surface area contributed by atoms with E-state index in [1.807, 2.05) is 13.0 Å². The van der Waals surface area contributed by atoms with Crippen LogP contribution in [0, 0.1) is 5.92 Å². The second kappa shape index (κ2) is 6.66. The van der Waals surface area contributed by atoms with Gasteiger partial charge in [0.25, 0.3) is 0 Å². The molecule has 0 fully saturated rings. The van der Waals surface area contributed by atoms with Crippen LogP contribution in [0.15, 0.2) is 6.07 Å². The molecule has 4 nitrogen and oxygen atoms in total. The van der Waals surface area contributed by atoms with Crippen LogP contribution in [0.2, 0.25) is 5.02 Å². The van der Waals surface area contributed by atoms with E-state index in [1.165, 1.54) is 7.11 Å². The van der Waals surface area contributed by atoms with Crippen molar-refractivity contribution >= 4 is 17.6 Å². The third-order valence-corrected chi connectivity index (χ3v) is 3.56. The third kappa shape index (κ3) is 3.32. The fourth-order valence-electron chi connectivity index (χ4n) is 1.94. The van der Waals surface area contributed by atoms with Crippen LogP contribution in [0.3, 0.4) is 0 Å². The highest BCUT2D eigenvalue weighted by Crippen LogP contribution is 2.40. The first-order valence-electron chi connectivity index (χ1n) is 6.11. The van der Waals surface area contributed by atoms with E-state index in [1.54, 1.807) is 14.0 Å². The molecule has 0 aliphatic carbocycles. The molecular formula is C14H19ClO4. The number of methoxy groups -OCH3 is 2. The normalized spacial score (nSPS) is 12.1. The lowest BCUT2D eigenvalue weighted by Crippen LogP contribution is -2.14. The number of rotatable bonds is 6. The van der Waals surface area contributed by atoms with Crippen molar-refractivity contribution in [3.05, 3.63) is 22.2 Å². The van der Waals surface area contributed by atoms with Crippen molar-refractivity contribution in [2.45, 2.75) is 26.7 Å². The van der Waals surface area contributed by atoms with Gasteiger partial charge in [-0.05, 0) is 24.5 Å². The number of ether oxygens (including phenoxy) is 2. The Kier molecular flexibility index (Phi) is 5.48. The monoisotopic (exact) mass is 286 g/mol. The molecule has 0 aromatic heterocycles. The minimum atomic E-state index is -0.862. The van der Waals surface area contributed by atoms with E-state index in [4.69, 9.17) is 26.2 Å². The second-order valence-corrected chi connectivity index (χ2v) is 4.74. The highest BCUT2D eigenvalue weighted by atomic mass is 35.5. The van der Waals surface area contributed by atoms with Gasteiger partial charge in [0, 0.05) is 5.56 Å². The van der Waals surface area contributed by atoms with E-state index < -0.39 is 11.9 Å². The first kappa shape index (κ1) is 15.6. The number of hydrogen-bond donors (Lipinski definition) is 1. The number of benzene rings is 1. The number of carbonyl (C=O) groups is 1. The number of halogens is 1. The highest BCUT2D eigenvalue weighted by Gasteiger charge is 2.22. The molecule has 19 heavy (non-hydrogen) atoms. The molecule has 1 N–H and O–H groups in total. The molecule has 1 rings (SSSR count). The number of carboxylic acids is 1. The zero-order valence-electron chi connectivity index (χ0n) is 11.6. The van der Waals surface area contributed by atoms with Crippen molar-refractivity contribution in [1.82, 2.24) is 0 Å². The van der Waals surface area contributed by atoms with Crippen LogP contribution in [0.4, 0.5) is 0 Å². The van der Waals surface area contributed by atoms with Gasteiger partial charge in [-0.2, -0.15) is 0 Å². The van der Waals surface area contributed by atoms with E-state index in [2.05, 4.69) is 0 Å². The van der Waals surface area contributed by atoms with Crippen molar-refractivity contribution < 1.29 is 19.4 Å². The fourth-order valence-corrected chi connectivity index (χ4v) is 2.29. The van der Waals surface area contributed by atoms with Gasteiger partial charge in [0.2, 0.25) is 0 Å². The minimum Gasteiger partial charge on any atom is -0.493 e. The van der Waals surface area contributed by atoms with Gasteiger partial charge in [0.15, 0.2) is 11.5 Å². The maximum Gasteiger partial charge on any atom is 0.306 e. The number of aryl methyl sites for hydroxylation is 1. The zero-order chi connectivity index (χ0) is 14.6. The van der Waals surface area contributed by atoms with Gasteiger partial charge in [-0.3, -0.25) is 4.79 Å². The standard InChI is InChI=1S/C14H19ClO4/c1-5-9-7-11(18-3)13(19-4)10(12(9)15)6-8(2)14(16)17/h7-8H,5-6H2,1-4H3,(H,16,17). The highest BCUT2D eigenvalue weighted by molar-refractivity contribution is 6.32. The van der Waals surface area contributed by atoms with Crippen LogP contribution in [0.25, 0.3) is 0 Å². The van der Waals surface area contributed by atoms with Crippen LogP contribution in [0.5, 0.6) is 11.5 Å². The van der Waals surface area contributed by atoms with Crippen LogP contribution in [-0.2, 0) is 17.6 Å². The Morgan fingerprint density at radius 2 is 2.05 bits per heavy atom. The van der Waals surface area contributed by atoms with Crippen molar-refractivity contribution in [3.63, 3.8) is 0 Å². The number of aliphatic carboxylic acids is 1. The second-order valence-electron chi connectivity index (χ2n) is 4.36. The summed E-state index contributed by atoms with van der Waals surface area (Å²) in [6, 6.07) is 1.83. The summed E-state index contributed by atoms with van der Waals surface area (Å²) < 4.78 is 10.6. The minimum absolute atomic E-state index is 0.307. The topological polar surface area (TPSA) is 55.8 Å². The summed E-state index contributed by atoms with van der Waals surface area (Å²) in [6.07, 6.45) is 1.05. The maximum atomic E-state index is 11.0. The molecule has 1 aromatic carbocycles. The van der Waals surface area contributed by atoms with Gasteiger partial charge < -0.3 is 14.6 Å². The van der Waals surface area contributed by atoms with E-state index >= 15 is 0 Å². The van der Waals surface area contributed by atoms with E-state index in [-0.39, 0.29) is 0 Å².